The minimum absolute atomic E-state index is 0.0462. The van der Waals surface area contributed by atoms with E-state index < -0.39 is 0 Å². The molecule has 0 spiro atoms. The van der Waals surface area contributed by atoms with E-state index in [1.165, 1.54) is 12.1 Å². The second-order valence-corrected chi connectivity index (χ2v) is 9.72. The molecule has 9 heteroatoms. The van der Waals surface area contributed by atoms with Gasteiger partial charge in [0.25, 0.3) is 5.91 Å². The molecule has 1 amide bonds. The highest BCUT2D eigenvalue weighted by Crippen LogP contribution is 2.32. The summed E-state index contributed by atoms with van der Waals surface area (Å²) in [6, 6.07) is 17.8. The molecule has 0 unspecified atom stereocenters. The fourth-order valence-corrected chi connectivity index (χ4v) is 5.65. The van der Waals surface area contributed by atoms with Crippen LogP contribution in [0.15, 0.2) is 71.4 Å². The molecule has 0 atom stereocenters. The fraction of sp³-hybridized carbons (Fsp3) is 0.120. The van der Waals surface area contributed by atoms with Gasteiger partial charge in [-0.2, -0.15) is 0 Å². The molecule has 1 aliphatic rings. The molecule has 5 aromatic rings. The molecular weight excluding hydrogens is 469 g/mol. The van der Waals surface area contributed by atoms with Crippen molar-refractivity contribution in [3.8, 4) is 32.5 Å². The molecule has 0 saturated heterocycles. The highest BCUT2D eigenvalue weighted by Gasteiger charge is 2.26. The summed E-state index contributed by atoms with van der Waals surface area (Å²) < 4.78 is 15.2. The zero-order valence-corrected chi connectivity index (χ0v) is 19.5. The van der Waals surface area contributed by atoms with Crippen molar-refractivity contribution in [2.75, 3.05) is 6.54 Å². The molecule has 2 aromatic carbocycles. The van der Waals surface area contributed by atoms with Crippen molar-refractivity contribution in [3.05, 3.63) is 88.6 Å². The second-order valence-electron chi connectivity index (χ2n) is 7.92. The molecule has 34 heavy (non-hydrogen) atoms. The number of amides is 1. The van der Waals surface area contributed by atoms with Gasteiger partial charge in [0.2, 0.25) is 0 Å². The minimum Gasteiger partial charge on any atom is -0.329 e. The average molecular weight is 488 g/mol. The van der Waals surface area contributed by atoms with Gasteiger partial charge in [0.1, 0.15) is 16.5 Å². The Balaban J connectivity index is 1.18. The molecule has 0 aliphatic carbocycles. The van der Waals surface area contributed by atoms with Crippen LogP contribution < -0.4 is 0 Å². The lowest BCUT2D eigenvalue weighted by Gasteiger charge is -2.27. The molecule has 0 radical (unpaired) electrons. The Morgan fingerprint density at radius 3 is 2.41 bits per heavy atom. The first-order valence-corrected chi connectivity index (χ1v) is 12.5. The molecule has 1 aliphatic heterocycles. The van der Waals surface area contributed by atoms with Crippen molar-refractivity contribution in [2.45, 2.75) is 13.1 Å². The van der Waals surface area contributed by atoms with Crippen LogP contribution in [0.5, 0.6) is 0 Å². The molecule has 0 fully saturated rings. The Morgan fingerprint density at radius 2 is 1.68 bits per heavy atom. The van der Waals surface area contributed by atoms with E-state index in [0.717, 1.165) is 38.4 Å². The number of carbonyl (C=O) groups is 1. The number of halogens is 1. The van der Waals surface area contributed by atoms with Gasteiger partial charge in [0, 0.05) is 24.0 Å². The van der Waals surface area contributed by atoms with E-state index in [2.05, 4.69) is 20.8 Å². The topological polar surface area (TPSA) is 63.9 Å². The van der Waals surface area contributed by atoms with E-state index in [1.807, 2.05) is 41.1 Å². The number of hydrogen-bond donors (Lipinski definition) is 0. The van der Waals surface area contributed by atoms with Crippen LogP contribution in [0, 0.1) is 5.82 Å². The number of fused-ring (bicyclic) bond motifs is 1. The van der Waals surface area contributed by atoms with Crippen molar-refractivity contribution >= 4 is 28.6 Å². The molecule has 0 N–H and O–H groups in total. The number of carbonyl (C=O) groups excluding carboxylic acids is 1. The van der Waals surface area contributed by atoms with Crippen molar-refractivity contribution in [1.82, 2.24) is 24.6 Å². The van der Waals surface area contributed by atoms with Gasteiger partial charge in [-0.05, 0) is 46.8 Å². The number of rotatable bonds is 4. The summed E-state index contributed by atoms with van der Waals surface area (Å²) >= 11 is 3.26. The maximum atomic E-state index is 13.2. The maximum Gasteiger partial charge on any atom is 0.254 e. The van der Waals surface area contributed by atoms with E-state index in [4.69, 9.17) is 4.98 Å². The van der Waals surface area contributed by atoms with E-state index in [1.54, 1.807) is 39.7 Å². The fourth-order valence-electron chi connectivity index (χ4n) is 4.04. The third-order valence-corrected chi connectivity index (χ3v) is 7.70. The van der Waals surface area contributed by atoms with Crippen LogP contribution in [0.3, 0.4) is 0 Å². The number of thiophene rings is 1. The predicted octanol–water partition coefficient (Wildman–Crippen LogP) is 5.59. The van der Waals surface area contributed by atoms with Crippen molar-refractivity contribution < 1.29 is 9.18 Å². The summed E-state index contributed by atoms with van der Waals surface area (Å²) in [6.45, 7) is 1.58. The first-order chi connectivity index (χ1) is 16.7. The standard InChI is InChI=1S/C25H18FN5OS2/c26-19-9-7-17(8-10-19)16-3-5-18(6-4-16)25(32)30-11-12-31-22(14-30)28-29-23(31)20-15-34-24(27-20)21-2-1-13-33-21/h1-10,13,15H,11-12,14H2. The van der Waals surface area contributed by atoms with E-state index in [0.29, 0.717) is 25.2 Å². The summed E-state index contributed by atoms with van der Waals surface area (Å²) in [4.78, 5) is 20.8. The average Bonchev–Trinajstić information content (AvgIpc) is 3.64. The van der Waals surface area contributed by atoms with Crippen molar-refractivity contribution in [3.63, 3.8) is 0 Å². The monoisotopic (exact) mass is 487 g/mol. The van der Waals surface area contributed by atoms with Gasteiger partial charge in [-0.3, -0.25) is 4.79 Å². The Labute approximate surface area is 203 Å². The Bertz CT molecular complexity index is 1460. The first kappa shape index (κ1) is 20.9. The number of thiazole rings is 1. The van der Waals surface area contributed by atoms with Crippen LogP contribution in [0.25, 0.3) is 32.5 Å². The lowest BCUT2D eigenvalue weighted by molar-refractivity contribution is 0.0708. The van der Waals surface area contributed by atoms with Gasteiger partial charge in [-0.1, -0.05) is 30.3 Å². The molecule has 6 rings (SSSR count). The molecule has 4 heterocycles. The van der Waals surface area contributed by atoms with Crippen LogP contribution in [0.2, 0.25) is 0 Å². The maximum absolute atomic E-state index is 13.2. The Morgan fingerprint density at radius 1 is 0.912 bits per heavy atom. The van der Waals surface area contributed by atoms with Crippen LogP contribution >= 0.6 is 22.7 Å². The predicted molar refractivity (Wildman–Crippen MR) is 131 cm³/mol. The lowest BCUT2D eigenvalue weighted by Crippen LogP contribution is -2.38. The second kappa shape index (κ2) is 8.58. The zero-order chi connectivity index (χ0) is 23.1. The van der Waals surface area contributed by atoms with Gasteiger partial charge in [0.05, 0.1) is 11.4 Å². The minimum atomic E-state index is -0.269. The number of aromatic nitrogens is 4. The summed E-state index contributed by atoms with van der Waals surface area (Å²) in [5.74, 6) is 1.18. The first-order valence-electron chi connectivity index (χ1n) is 10.7. The lowest BCUT2D eigenvalue weighted by atomic mass is 10.0. The van der Waals surface area contributed by atoms with Gasteiger partial charge >= 0.3 is 0 Å². The van der Waals surface area contributed by atoms with Gasteiger partial charge in [-0.25, -0.2) is 9.37 Å². The molecule has 168 valence electrons. The molecule has 6 nitrogen and oxygen atoms in total. The van der Waals surface area contributed by atoms with Gasteiger partial charge < -0.3 is 9.47 Å². The van der Waals surface area contributed by atoms with Gasteiger partial charge in [0.15, 0.2) is 11.6 Å². The third-order valence-electron chi connectivity index (χ3n) is 5.82. The Kier molecular flexibility index (Phi) is 5.27. The molecule has 0 saturated carbocycles. The quantitative estimate of drug-likeness (QED) is 0.331. The van der Waals surface area contributed by atoms with E-state index in [-0.39, 0.29) is 11.7 Å². The highest BCUT2D eigenvalue weighted by molar-refractivity contribution is 7.20. The van der Waals surface area contributed by atoms with Crippen LogP contribution in [-0.2, 0) is 13.1 Å². The SMILES string of the molecule is O=C(c1ccc(-c2ccc(F)cc2)cc1)N1CCn2c(nnc2-c2csc(-c3cccs3)n2)C1. The third kappa shape index (κ3) is 3.82. The smallest absolute Gasteiger partial charge is 0.254 e. The van der Waals surface area contributed by atoms with E-state index >= 15 is 0 Å². The zero-order valence-electron chi connectivity index (χ0n) is 17.9. The summed E-state index contributed by atoms with van der Waals surface area (Å²) in [7, 11) is 0. The highest BCUT2D eigenvalue weighted by atomic mass is 32.1. The largest absolute Gasteiger partial charge is 0.329 e. The normalized spacial score (nSPS) is 13.1. The van der Waals surface area contributed by atoms with Crippen molar-refractivity contribution in [1.29, 1.82) is 0 Å². The summed E-state index contributed by atoms with van der Waals surface area (Å²) in [5.41, 5.74) is 3.26. The van der Waals surface area contributed by atoms with Crippen LogP contribution in [0.1, 0.15) is 16.2 Å². The number of nitrogens with zero attached hydrogens (tertiary/aromatic N) is 5. The Hall–Kier alpha value is -3.69. The number of benzene rings is 2. The summed E-state index contributed by atoms with van der Waals surface area (Å²) in [5, 5.41) is 13.7. The summed E-state index contributed by atoms with van der Waals surface area (Å²) in [6.07, 6.45) is 0. The molecular formula is C25H18FN5OS2. The van der Waals surface area contributed by atoms with Crippen LogP contribution in [-0.4, -0.2) is 37.1 Å². The van der Waals surface area contributed by atoms with Crippen molar-refractivity contribution in [2.24, 2.45) is 0 Å². The van der Waals surface area contributed by atoms with Crippen LogP contribution in [0.4, 0.5) is 4.39 Å². The van der Waals surface area contributed by atoms with Gasteiger partial charge in [-0.15, -0.1) is 32.9 Å². The molecule has 3 aromatic heterocycles. The number of hydrogen-bond acceptors (Lipinski definition) is 6. The van der Waals surface area contributed by atoms with E-state index in [9.17, 15) is 9.18 Å². The molecule has 0 bridgehead atoms.